The highest BCUT2D eigenvalue weighted by Crippen LogP contribution is 2.20. The number of fused-ring (bicyclic) bond motifs is 1. The summed E-state index contributed by atoms with van der Waals surface area (Å²) in [5.74, 6) is 0.0983. The molecule has 1 amide bonds. The van der Waals surface area contributed by atoms with E-state index in [4.69, 9.17) is 0 Å². The number of amides is 1. The van der Waals surface area contributed by atoms with Crippen molar-refractivity contribution in [3.8, 4) is 0 Å². The molecule has 3 rings (SSSR count). The van der Waals surface area contributed by atoms with Gasteiger partial charge >= 0.3 is 0 Å². The van der Waals surface area contributed by atoms with Gasteiger partial charge in [0.2, 0.25) is 5.91 Å². The highest BCUT2D eigenvalue weighted by atomic mass is 35.5. The predicted molar refractivity (Wildman–Crippen MR) is 91.2 cm³/mol. The lowest BCUT2D eigenvalue weighted by Gasteiger charge is -2.27. The summed E-state index contributed by atoms with van der Waals surface area (Å²) in [6, 6.07) is 0. The molecule has 1 fully saturated rings. The van der Waals surface area contributed by atoms with Crippen molar-refractivity contribution in [3.05, 3.63) is 27.2 Å². The van der Waals surface area contributed by atoms with E-state index in [9.17, 15) is 9.59 Å². The molecule has 0 radical (unpaired) electrons. The topological polar surface area (TPSA) is 83.0 Å². The van der Waals surface area contributed by atoms with Gasteiger partial charge in [-0.15, -0.1) is 12.4 Å². The van der Waals surface area contributed by atoms with Crippen molar-refractivity contribution >= 4 is 29.3 Å². The largest absolute Gasteiger partial charge is 0.340 e. The second-order valence-electron chi connectivity index (χ2n) is 5.81. The lowest BCUT2D eigenvalue weighted by Crippen LogP contribution is -2.47. The molecule has 1 aliphatic rings. The van der Waals surface area contributed by atoms with Gasteiger partial charge in [0, 0.05) is 38.9 Å². The summed E-state index contributed by atoms with van der Waals surface area (Å²) in [5, 5.41) is 6.54. The predicted octanol–water partition coefficient (Wildman–Crippen LogP) is 0.275. The molecule has 126 valence electrons. The van der Waals surface area contributed by atoms with Crippen molar-refractivity contribution in [2.24, 2.45) is 7.05 Å². The van der Waals surface area contributed by atoms with Crippen molar-refractivity contribution in [2.75, 3.05) is 26.2 Å². The number of piperazine rings is 1. The minimum atomic E-state index is -0.154. The fourth-order valence-electron chi connectivity index (χ4n) is 3.09. The molecule has 1 aliphatic heterocycles. The number of rotatable bonds is 2. The van der Waals surface area contributed by atoms with Gasteiger partial charge in [0.1, 0.15) is 0 Å². The van der Waals surface area contributed by atoms with Crippen LogP contribution in [0.2, 0.25) is 0 Å². The first-order chi connectivity index (χ1) is 10.5. The molecule has 0 bridgehead atoms. The van der Waals surface area contributed by atoms with E-state index in [0.717, 1.165) is 43.0 Å². The van der Waals surface area contributed by atoms with Crippen LogP contribution >= 0.6 is 12.4 Å². The number of aromatic amines is 1. The molecule has 1 saturated heterocycles. The Kier molecular flexibility index (Phi) is 5.11. The number of pyridine rings is 1. The van der Waals surface area contributed by atoms with E-state index in [1.54, 1.807) is 11.7 Å². The third-order valence-electron chi connectivity index (χ3n) is 4.37. The van der Waals surface area contributed by atoms with Crippen LogP contribution in [0.1, 0.15) is 16.8 Å². The average Bonchev–Trinajstić information content (AvgIpc) is 2.78. The second kappa shape index (κ2) is 6.72. The van der Waals surface area contributed by atoms with E-state index < -0.39 is 0 Å². The summed E-state index contributed by atoms with van der Waals surface area (Å²) >= 11 is 0. The highest BCUT2D eigenvalue weighted by Gasteiger charge is 2.21. The number of carbonyl (C=O) groups excluding carboxylic acids is 1. The van der Waals surface area contributed by atoms with Gasteiger partial charge in [-0.2, -0.15) is 0 Å². The quantitative estimate of drug-likeness (QED) is 0.823. The first-order valence-electron chi connectivity index (χ1n) is 7.52. The van der Waals surface area contributed by atoms with Gasteiger partial charge in [0.05, 0.1) is 11.8 Å². The number of nitrogens with one attached hydrogen (secondary N) is 2. The van der Waals surface area contributed by atoms with Gasteiger partial charge in [-0.05, 0) is 25.0 Å². The summed E-state index contributed by atoms with van der Waals surface area (Å²) in [4.78, 5) is 30.9. The van der Waals surface area contributed by atoms with E-state index in [1.807, 2.05) is 18.7 Å². The SMILES string of the molecule is Cc1nc2c(c(C)c1CC(=O)N1CCNCC1)c(=O)[nH]n2C.Cl. The first-order valence-corrected chi connectivity index (χ1v) is 7.52. The molecule has 23 heavy (non-hydrogen) atoms. The van der Waals surface area contributed by atoms with Gasteiger partial charge in [0.25, 0.3) is 5.56 Å². The van der Waals surface area contributed by atoms with Crippen LogP contribution in [0.4, 0.5) is 0 Å². The van der Waals surface area contributed by atoms with Crippen molar-refractivity contribution in [2.45, 2.75) is 20.3 Å². The average molecular weight is 340 g/mol. The monoisotopic (exact) mass is 339 g/mol. The number of H-pyrrole nitrogens is 1. The molecule has 0 aliphatic carbocycles. The van der Waals surface area contributed by atoms with Crippen LogP contribution < -0.4 is 10.9 Å². The Hall–Kier alpha value is -1.86. The molecule has 8 heteroatoms. The molecular weight excluding hydrogens is 318 g/mol. The number of aromatic nitrogens is 3. The molecule has 2 N–H and O–H groups in total. The molecule has 0 unspecified atom stereocenters. The lowest BCUT2D eigenvalue weighted by atomic mass is 10.0. The molecule has 0 spiro atoms. The number of hydrogen-bond acceptors (Lipinski definition) is 4. The van der Waals surface area contributed by atoms with Gasteiger partial charge in [-0.3, -0.25) is 19.4 Å². The fraction of sp³-hybridized carbons (Fsp3) is 0.533. The summed E-state index contributed by atoms with van der Waals surface area (Å²) < 4.78 is 1.62. The smallest absolute Gasteiger partial charge is 0.273 e. The van der Waals surface area contributed by atoms with Crippen molar-refractivity contribution < 1.29 is 4.79 Å². The van der Waals surface area contributed by atoms with E-state index in [0.29, 0.717) is 17.5 Å². The van der Waals surface area contributed by atoms with Crippen molar-refractivity contribution in [3.63, 3.8) is 0 Å². The lowest BCUT2D eigenvalue weighted by molar-refractivity contribution is -0.131. The number of aryl methyl sites for hydroxylation is 3. The molecule has 7 nitrogen and oxygen atoms in total. The van der Waals surface area contributed by atoms with Gasteiger partial charge in [-0.25, -0.2) is 4.98 Å². The minimum Gasteiger partial charge on any atom is -0.340 e. The zero-order valence-electron chi connectivity index (χ0n) is 13.6. The number of nitrogens with zero attached hydrogens (tertiary/aromatic N) is 3. The molecule has 3 heterocycles. The summed E-state index contributed by atoms with van der Waals surface area (Å²) in [5.41, 5.74) is 3.01. The molecule has 2 aromatic heterocycles. The van der Waals surface area contributed by atoms with Gasteiger partial charge < -0.3 is 10.2 Å². The van der Waals surface area contributed by atoms with Gasteiger partial charge in [-0.1, -0.05) is 0 Å². The molecule has 0 atom stereocenters. The maximum atomic E-state index is 12.5. The Labute approximate surface area is 140 Å². The minimum absolute atomic E-state index is 0. The van der Waals surface area contributed by atoms with E-state index >= 15 is 0 Å². The van der Waals surface area contributed by atoms with Crippen LogP contribution in [0, 0.1) is 13.8 Å². The van der Waals surface area contributed by atoms with Crippen LogP contribution in [0.3, 0.4) is 0 Å². The zero-order chi connectivity index (χ0) is 15.9. The molecule has 2 aromatic rings. The Morgan fingerprint density at radius 2 is 1.91 bits per heavy atom. The first kappa shape index (κ1) is 17.5. The maximum Gasteiger partial charge on any atom is 0.273 e. The Morgan fingerprint density at radius 3 is 2.57 bits per heavy atom. The Balaban J connectivity index is 0.00000192. The summed E-state index contributed by atoms with van der Waals surface area (Å²) in [6.45, 7) is 6.92. The Morgan fingerprint density at radius 1 is 1.26 bits per heavy atom. The van der Waals surface area contributed by atoms with Crippen molar-refractivity contribution in [1.82, 2.24) is 25.0 Å². The van der Waals surface area contributed by atoms with Crippen LogP contribution in [0.25, 0.3) is 11.0 Å². The maximum absolute atomic E-state index is 12.5. The third kappa shape index (κ3) is 3.11. The van der Waals surface area contributed by atoms with Crippen LogP contribution in [-0.4, -0.2) is 51.8 Å². The van der Waals surface area contributed by atoms with E-state index in [-0.39, 0.29) is 23.9 Å². The fourth-order valence-corrected chi connectivity index (χ4v) is 3.09. The number of hydrogen-bond donors (Lipinski definition) is 2. The van der Waals surface area contributed by atoms with Crippen LogP contribution in [0.5, 0.6) is 0 Å². The van der Waals surface area contributed by atoms with Crippen LogP contribution in [0.15, 0.2) is 4.79 Å². The number of halogens is 1. The second-order valence-corrected chi connectivity index (χ2v) is 5.81. The zero-order valence-corrected chi connectivity index (χ0v) is 14.4. The van der Waals surface area contributed by atoms with E-state index in [1.165, 1.54) is 0 Å². The van der Waals surface area contributed by atoms with E-state index in [2.05, 4.69) is 15.4 Å². The highest BCUT2D eigenvalue weighted by molar-refractivity contribution is 5.85. The third-order valence-corrected chi connectivity index (χ3v) is 4.37. The standard InChI is InChI=1S/C15H21N5O2.ClH/c1-9-11(8-12(21)20-6-4-16-5-7-20)10(2)17-14-13(9)15(22)18-19(14)3;/h16H,4-8H2,1-3H3,(H,18,22);1H. The normalized spacial score (nSPS) is 14.8. The number of carbonyl (C=O) groups is 1. The Bertz CT molecular complexity index is 789. The van der Waals surface area contributed by atoms with Crippen LogP contribution in [-0.2, 0) is 18.3 Å². The molecular formula is C15H22ClN5O2. The molecule has 0 saturated carbocycles. The molecule has 0 aromatic carbocycles. The van der Waals surface area contributed by atoms with Crippen molar-refractivity contribution in [1.29, 1.82) is 0 Å². The van der Waals surface area contributed by atoms with Gasteiger partial charge in [0.15, 0.2) is 5.65 Å². The summed E-state index contributed by atoms with van der Waals surface area (Å²) in [7, 11) is 1.77. The summed E-state index contributed by atoms with van der Waals surface area (Å²) in [6.07, 6.45) is 0.301.